The van der Waals surface area contributed by atoms with Gasteiger partial charge in [-0.15, -0.1) is 0 Å². The normalized spacial score (nSPS) is 26.6. The molecule has 1 aliphatic heterocycles. The van der Waals surface area contributed by atoms with Gasteiger partial charge in [0.1, 0.15) is 0 Å². The van der Waals surface area contributed by atoms with Crippen molar-refractivity contribution in [3.63, 3.8) is 0 Å². The van der Waals surface area contributed by atoms with Crippen LogP contribution in [0.25, 0.3) is 0 Å². The van der Waals surface area contributed by atoms with Crippen molar-refractivity contribution in [3.05, 3.63) is 0 Å². The molecule has 0 radical (unpaired) electrons. The fourth-order valence-electron chi connectivity index (χ4n) is 2.48. The summed E-state index contributed by atoms with van der Waals surface area (Å²) in [5.74, 6) is 0. The summed E-state index contributed by atoms with van der Waals surface area (Å²) in [6, 6.07) is 1.40. The van der Waals surface area contributed by atoms with Crippen LogP contribution in [0.4, 0.5) is 0 Å². The van der Waals surface area contributed by atoms with E-state index in [2.05, 4.69) is 43.1 Å². The number of hydrogen-bond acceptors (Lipinski definition) is 3. The molecule has 2 unspecified atom stereocenters. The van der Waals surface area contributed by atoms with Crippen LogP contribution in [0.15, 0.2) is 0 Å². The minimum absolute atomic E-state index is 0.637. The van der Waals surface area contributed by atoms with Crippen molar-refractivity contribution in [1.82, 2.24) is 15.1 Å². The van der Waals surface area contributed by atoms with E-state index in [-0.39, 0.29) is 0 Å². The van der Waals surface area contributed by atoms with Crippen LogP contribution in [-0.4, -0.2) is 62.2 Å². The number of rotatable bonds is 5. The first kappa shape index (κ1) is 13.9. The monoisotopic (exact) mass is 227 g/mol. The first-order chi connectivity index (χ1) is 7.67. The van der Waals surface area contributed by atoms with Crippen LogP contribution in [0.5, 0.6) is 0 Å². The number of likely N-dealkylation sites (N-methyl/N-ethyl adjacent to an activating group) is 1. The van der Waals surface area contributed by atoms with Crippen molar-refractivity contribution in [2.45, 2.75) is 45.2 Å². The van der Waals surface area contributed by atoms with Gasteiger partial charge in [0.15, 0.2) is 0 Å². The van der Waals surface area contributed by atoms with Gasteiger partial charge >= 0.3 is 0 Å². The fraction of sp³-hybridized carbons (Fsp3) is 1.00. The largest absolute Gasteiger partial charge is 0.317 e. The molecular formula is C13H29N3. The van der Waals surface area contributed by atoms with Gasteiger partial charge in [0.25, 0.3) is 0 Å². The highest BCUT2D eigenvalue weighted by Gasteiger charge is 2.21. The van der Waals surface area contributed by atoms with Crippen LogP contribution >= 0.6 is 0 Å². The maximum atomic E-state index is 3.32. The third-order valence-electron chi connectivity index (χ3n) is 3.84. The summed E-state index contributed by atoms with van der Waals surface area (Å²) in [5.41, 5.74) is 0. The molecular weight excluding hydrogens is 198 g/mol. The highest BCUT2D eigenvalue weighted by Crippen LogP contribution is 2.12. The van der Waals surface area contributed by atoms with E-state index in [0.29, 0.717) is 6.04 Å². The van der Waals surface area contributed by atoms with E-state index < -0.39 is 0 Å². The summed E-state index contributed by atoms with van der Waals surface area (Å²) < 4.78 is 0. The first-order valence-corrected chi connectivity index (χ1v) is 6.77. The Morgan fingerprint density at radius 1 is 1.38 bits per heavy atom. The summed E-state index contributed by atoms with van der Waals surface area (Å²) in [6.07, 6.45) is 3.86. The molecule has 1 aliphatic rings. The molecule has 0 aromatic carbocycles. The van der Waals surface area contributed by atoms with Gasteiger partial charge in [-0.2, -0.15) is 0 Å². The zero-order chi connectivity index (χ0) is 12.0. The van der Waals surface area contributed by atoms with Gasteiger partial charge in [0.2, 0.25) is 0 Å². The van der Waals surface area contributed by atoms with Gasteiger partial charge in [-0.25, -0.2) is 0 Å². The molecule has 0 aromatic rings. The zero-order valence-corrected chi connectivity index (χ0v) is 11.5. The smallest absolute Gasteiger partial charge is 0.0220 e. The molecule has 3 nitrogen and oxygen atoms in total. The lowest BCUT2D eigenvalue weighted by Crippen LogP contribution is -2.41. The molecule has 0 aliphatic carbocycles. The zero-order valence-electron chi connectivity index (χ0n) is 11.5. The lowest BCUT2D eigenvalue weighted by Gasteiger charge is -2.30. The summed E-state index contributed by atoms with van der Waals surface area (Å²) in [4.78, 5) is 5.17. The van der Waals surface area contributed by atoms with Crippen molar-refractivity contribution in [3.8, 4) is 0 Å². The topological polar surface area (TPSA) is 18.5 Å². The Bertz CT molecular complexity index is 184. The Kier molecular flexibility index (Phi) is 6.32. The van der Waals surface area contributed by atoms with Crippen molar-refractivity contribution in [2.24, 2.45) is 0 Å². The van der Waals surface area contributed by atoms with Gasteiger partial charge in [0, 0.05) is 18.6 Å². The predicted octanol–water partition coefficient (Wildman–Crippen LogP) is 1.40. The third-order valence-corrected chi connectivity index (χ3v) is 3.84. The Balaban J connectivity index is 2.41. The molecule has 1 heterocycles. The van der Waals surface area contributed by atoms with E-state index in [9.17, 15) is 0 Å². The van der Waals surface area contributed by atoms with Crippen LogP contribution in [-0.2, 0) is 0 Å². The molecule has 0 bridgehead atoms. The lowest BCUT2D eigenvalue weighted by molar-refractivity contribution is 0.177. The number of nitrogens with one attached hydrogen (secondary N) is 1. The van der Waals surface area contributed by atoms with E-state index >= 15 is 0 Å². The molecule has 96 valence electrons. The van der Waals surface area contributed by atoms with Crippen LogP contribution in [0.3, 0.4) is 0 Å². The molecule has 1 N–H and O–H groups in total. The predicted molar refractivity (Wildman–Crippen MR) is 70.9 cm³/mol. The molecule has 1 rings (SSSR count). The SMILES string of the molecule is CCC1CN(C)CCCN1CCC(C)NC. The van der Waals surface area contributed by atoms with Gasteiger partial charge in [-0.1, -0.05) is 6.92 Å². The maximum Gasteiger partial charge on any atom is 0.0220 e. The van der Waals surface area contributed by atoms with Crippen LogP contribution < -0.4 is 5.32 Å². The van der Waals surface area contributed by atoms with Gasteiger partial charge in [-0.05, 0) is 59.9 Å². The Labute approximate surface area is 101 Å². The molecule has 1 saturated heterocycles. The van der Waals surface area contributed by atoms with Crippen LogP contribution in [0.2, 0.25) is 0 Å². The average Bonchev–Trinajstić information content (AvgIpc) is 2.47. The van der Waals surface area contributed by atoms with E-state index in [1.54, 1.807) is 0 Å². The van der Waals surface area contributed by atoms with E-state index in [1.807, 2.05) is 0 Å². The second-order valence-corrected chi connectivity index (χ2v) is 5.19. The standard InChI is InChI=1S/C13H29N3/c1-5-13-11-15(4)8-6-9-16(13)10-7-12(2)14-3/h12-14H,5-11H2,1-4H3. The Morgan fingerprint density at radius 2 is 2.12 bits per heavy atom. The van der Waals surface area contributed by atoms with E-state index in [0.717, 1.165) is 6.04 Å². The summed E-state index contributed by atoms with van der Waals surface area (Å²) in [5, 5.41) is 3.32. The van der Waals surface area contributed by atoms with E-state index in [1.165, 1.54) is 45.4 Å². The minimum atomic E-state index is 0.637. The molecule has 2 atom stereocenters. The minimum Gasteiger partial charge on any atom is -0.317 e. The Hall–Kier alpha value is -0.120. The number of hydrogen-bond donors (Lipinski definition) is 1. The molecule has 0 saturated carbocycles. The fourth-order valence-corrected chi connectivity index (χ4v) is 2.48. The van der Waals surface area contributed by atoms with Crippen molar-refractivity contribution in [1.29, 1.82) is 0 Å². The molecule has 3 heteroatoms. The van der Waals surface area contributed by atoms with Crippen molar-refractivity contribution >= 4 is 0 Å². The Morgan fingerprint density at radius 3 is 2.75 bits per heavy atom. The molecule has 0 aromatic heterocycles. The molecule has 0 spiro atoms. The highest BCUT2D eigenvalue weighted by atomic mass is 15.2. The summed E-state index contributed by atoms with van der Waals surface area (Å²) >= 11 is 0. The number of nitrogens with zero attached hydrogens (tertiary/aromatic N) is 2. The molecule has 0 amide bonds. The highest BCUT2D eigenvalue weighted by molar-refractivity contribution is 4.78. The first-order valence-electron chi connectivity index (χ1n) is 6.77. The lowest BCUT2D eigenvalue weighted by atomic mass is 10.1. The van der Waals surface area contributed by atoms with Gasteiger partial charge in [-0.3, -0.25) is 4.90 Å². The third kappa shape index (κ3) is 4.40. The van der Waals surface area contributed by atoms with Crippen LogP contribution in [0.1, 0.15) is 33.1 Å². The maximum absolute atomic E-state index is 3.32. The second kappa shape index (κ2) is 7.25. The van der Waals surface area contributed by atoms with Crippen LogP contribution in [0, 0.1) is 0 Å². The van der Waals surface area contributed by atoms with Crippen molar-refractivity contribution < 1.29 is 0 Å². The quantitative estimate of drug-likeness (QED) is 0.766. The molecule has 16 heavy (non-hydrogen) atoms. The summed E-state index contributed by atoms with van der Waals surface area (Å²) in [7, 11) is 4.31. The van der Waals surface area contributed by atoms with Crippen molar-refractivity contribution in [2.75, 3.05) is 40.3 Å². The van der Waals surface area contributed by atoms with Gasteiger partial charge in [0.05, 0.1) is 0 Å². The van der Waals surface area contributed by atoms with Gasteiger partial charge < -0.3 is 10.2 Å². The molecule has 1 fully saturated rings. The van der Waals surface area contributed by atoms with E-state index in [4.69, 9.17) is 0 Å². The summed E-state index contributed by atoms with van der Waals surface area (Å²) in [6.45, 7) is 9.61. The second-order valence-electron chi connectivity index (χ2n) is 5.19. The average molecular weight is 227 g/mol.